The van der Waals surface area contributed by atoms with Gasteiger partial charge in [0.15, 0.2) is 0 Å². The van der Waals surface area contributed by atoms with E-state index in [1.165, 1.54) is 17.4 Å². The number of nitrogens with zero attached hydrogens (tertiary/aromatic N) is 1. The van der Waals surface area contributed by atoms with E-state index < -0.39 is 0 Å². The molecule has 0 saturated heterocycles. The molecule has 0 bridgehead atoms. The molecule has 3 nitrogen and oxygen atoms in total. The number of nitrogens with one attached hydrogen (secondary N) is 1. The van der Waals surface area contributed by atoms with Crippen LogP contribution in [0.5, 0.6) is 0 Å². The molecule has 0 saturated carbocycles. The molecule has 1 aromatic carbocycles. The molecule has 1 N–H and O–H groups in total. The maximum Gasteiger partial charge on any atom is 0.272 e. The largest absolute Gasteiger partial charge is 0.272 e. The standard InChI is InChI=1S/C12H8Cl2N2OS/c13-8-3-4-10(11(14)6-8)12(17)16-15-7-9-2-1-5-18-9/h1-7H,(H,16,17)/b15-7-. The Morgan fingerprint density at radius 3 is 2.83 bits per heavy atom. The van der Waals surface area contributed by atoms with Crippen molar-refractivity contribution in [1.29, 1.82) is 0 Å². The van der Waals surface area contributed by atoms with Gasteiger partial charge in [0.25, 0.3) is 5.91 Å². The average molecular weight is 299 g/mol. The lowest BCUT2D eigenvalue weighted by atomic mass is 10.2. The van der Waals surface area contributed by atoms with E-state index in [0.29, 0.717) is 15.6 Å². The van der Waals surface area contributed by atoms with E-state index in [1.54, 1.807) is 18.3 Å². The molecule has 2 aromatic rings. The third-order valence-corrected chi connectivity index (χ3v) is 3.43. The molecule has 0 unspecified atom stereocenters. The van der Waals surface area contributed by atoms with Crippen molar-refractivity contribution in [2.75, 3.05) is 0 Å². The topological polar surface area (TPSA) is 41.5 Å². The van der Waals surface area contributed by atoms with Gasteiger partial charge in [0.2, 0.25) is 0 Å². The lowest BCUT2D eigenvalue weighted by Gasteiger charge is -2.02. The first-order valence-corrected chi connectivity index (χ1v) is 6.62. The van der Waals surface area contributed by atoms with Crippen molar-refractivity contribution in [3.63, 3.8) is 0 Å². The fraction of sp³-hybridized carbons (Fsp3) is 0. The minimum absolute atomic E-state index is 0.298. The first-order valence-electron chi connectivity index (χ1n) is 4.99. The molecule has 92 valence electrons. The second kappa shape index (κ2) is 6.00. The molecular formula is C12H8Cl2N2OS. The maximum atomic E-state index is 11.8. The second-order valence-electron chi connectivity index (χ2n) is 3.34. The normalized spacial score (nSPS) is 10.8. The molecule has 2 rings (SSSR count). The van der Waals surface area contributed by atoms with Crippen molar-refractivity contribution >= 4 is 46.7 Å². The molecule has 0 aliphatic carbocycles. The highest BCUT2D eigenvalue weighted by Crippen LogP contribution is 2.20. The first-order chi connectivity index (χ1) is 8.66. The van der Waals surface area contributed by atoms with Crippen molar-refractivity contribution in [2.24, 2.45) is 5.10 Å². The van der Waals surface area contributed by atoms with Crippen molar-refractivity contribution in [3.05, 3.63) is 56.2 Å². The molecule has 1 amide bonds. The van der Waals surface area contributed by atoms with Crippen molar-refractivity contribution in [2.45, 2.75) is 0 Å². The van der Waals surface area contributed by atoms with Gasteiger partial charge in [-0.05, 0) is 29.6 Å². The summed E-state index contributed by atoms with van der Waals surface area (Å²) in [4.78, 5) is 12.7. The predicted molar refractivity (Wildman–Crippen MR) is 75.8 cm³/mol. The molecule has 0 aliphatic rings. The zero-order valence-electron chi connectivity index (χ0n) is 9.06. The fourth-order valence-corrected chi connectivity index (χ4v) is 2.33. The van der Waals surface area contributed by atoms with E-state index in [-0.39, 0.29) is 5.91 Å². The third-order valence-electron chi connectivity index (χ3n) is 2.08. The Hall–Kier alpha value is -1.36. The number of thiophene rings is 1. The van der Waals surface area contributed by atoms with Gasteiger partial charge in [0.05, 0.1) is 16.8 Å². The van der Waals surface area contributed by atoms with Crippen LogP contribution < -0.4 is 5.43 Å². The van der Waals surface area contributed by atoms with Gasteiger partial charge in [-0.15, -0.1) is 11.3 Å². The van der Waals surface area contributed by atoms with Gasteiger partial charge in [-0.1, -0.05) is 29.3 Å². The number of halogens is 2. The number of rotatable bonds is 3. The lowest BCUT2D eigenvalue weighted by Crippen LogP contribution is -2.17. The van der Waals surface area contributed by atoms with Gasteiger partial charge in [0.1, 0.15) is 0 Å². The summed E-state index contributed by atoms with van der Waals surface area (Å²) in [7, 11) is 0. The molecule has 6 heteroatoms. The maximum absolute atomic E-state index is 11.8. The van der Waals surface area contributed by atoms with Crippen LogP contribution in [0.4, 0.5) is 0 Å². The van der Waals surface area contributed by atoms with E-state index in [9.17, 15) is 4.79 Å². The highest BCUT2D eigenvalue weighted by Gasteiger charge is 2.09. The molecule has 1 aromatic heterocycles. The Bertz CT molecular complexity index is 582. The third kappa shape index (κ3) is 3.32. The fourth-order valence-electron chi connectivity index (χ4n) is 1.25. The van der Waals surface area contributed by atoms with Crippen LogP contribution in [0.2, 0.25) is 10.0 Å². The summed E-state index contributed by atoms with van der Waals surface area (Å²) in [6.07, 6.45) is 1.58. The molecule has 0 aliphatic heterocycles. The van der Waals surface area contributed by atoms with Crippen molar-refractivity contribution in [3.8, 4) is 0 Å². The number of hydrogen-bond donors (Lipinski definition) is 1. The SMILES string of the molecule is O=C(N/N=C\c1cccs1)c1ccc(Cl)cc1Cl. The van der Waals surface area contributed by atoms with E-state index in [1.807, 2.05) is 17.5 Å². The number of carbonyl (C=O) groups is 1. The van der Waals surface area contributed by atoms with Gasteiger partial charge in [-0.2, -0.15) is 5.10 Å². The Kier molecular flexibility index (Phi) is 4.36. The van der Waals surface area contributed by atoms with Crippen LogP contribution in [0.1, 0.15) is 15.2 Å². The van der Waals surface area contributed by atoms with Gasteiger partial charge in [-0.3, -0.25) is 4.79 Å². The summed E-state index contributed by atoms with van der Waals surface area (Å²) in [5, 5.41) is 6.56. The van der Waals surface area contributed by atoms with Crippen LogP contribution in [0.3, 0.4) is 0 Å². The zero-order valence-corrected chi connectivity index (χ0v) is 11.4. The summed E-state index contributed by atoms with van der Waals surface area (Å²) < 4.78 is 0. The highest BCUT2D eigenvalue weighted by molar-refractivity contribution is 7.11. The number of carbonyl (C=O) groups excluding carboxylic acids is 1. The van der Waals surface area contributed by atoms with Crippen LogP contribution in [-0.4, -0.2) is 12.1 Å². The monoisotopic (exact) mass is 298 g/mol. The van der Waals surface area contributed by atoms with E-state index >= 15 is 0 Å². The van der Waals surface area contributed by atoms with Gasteiger partial charge >= 0.3 is 0 Å². The molecular weight excluding hydrogens is 291 g/mol. The first kappa shape index (κ1) is 13.1. The number of hydrazone groups is 1. The van der Waals surface area contributed by atoms with Crippen LogP contribution in [0.15, 0.2) is 40.8 Å². The minimum atomic E-state index is -0.371. The summed E-state index contributed by atoms with van der Waals surface area (Å²) in [6.45, 7) is 0. The molecule has 0 atom stereocenters. The van der Waals surface area contributed by atoms with Gasteiger partial charge in [-0.25, -0.2) is 5.43 Å². The Morgan fingerprint density at radius 1 is 1.33 bits per heavy atom. The molecule has 0 fully saturated rings. The van der Waals surface area contributed by atoms with E-state index in [0.717, 1.165) is 4.88 Å². The average Bonchev–Trinajstić information content (AvgIpc) is 2.81. The Morgan fingerprint density at radius 2 is 2.17 bits per heavy atom. The van der Waals surface area contributed by atoms with Gasteiger partial charge < -0.3 is 0 Å². The summed E-state index contributed by atoms with van der Waals surface area (Å²) in [5.41, 5.74) is 2.74. The smallest absolute Gasteiger partial charge is 0.267 e. The summed E-state index contributed by atoms with van der Waals surface area (Å²) >= 11 is 13.2. The molecule has 0 spiro atoms. The van der Waals surface area contributed by atoms with E-state index in [4.69, 9.17) is 23.2 Å². The summed E-state index contributed by atoms with van der Waals surface area (Å²) in [5.74, 6) is -0.371. The summed E-state index contributed by atoms with van der Waals surface area (Å²) in [6, 6.07) is 8.48. The number of benzene rings is 1. The predicted octanol–water partition coefficient (Wildman–Crippen LogP) is 3.82. The van der Waals surface area contributed by atoms with Crippen LogP contribution in [0, 0.1) is 0 Å². The van der Waals surface area contributed by atoms with Gasteiger partial charge in [0, 0.05) is 9.90 Å². The quantitative estimate of drug-likeness (QED) is 0.679. The number of amides is 1. The van der Waals surface area contributed by atoms with Crippen molar-refractivity contribution in [1.82, 2.24) is 5.43 Å². The minimum Gasteiger partial charge on any atom is -0.267 e. The Labute approximate surface area is 118 Å². The van der Waals surface area contributed by atoms with Crippen LogP contribution in [0.25, 0.3) is 0 Å². The second-order valence-corrected chi connectivity index (χ2v) is 5.16. The van der Waals surface area contributed by atoms with Crippen LogP contribution >= 0.6 is 34.5 Å². The van der Waals surface area contributed by atoms with Crippen LogP contribution in [-0.2, 0) is 0 Å². The molecule has 0 radical (unpaired) electrons. The molecule has 1 heterocycles. The highest BCUT2D eigenvalue weighted by atomic mass is 35.5. The Balaban J connectivity index is 2.04. The molecule has 18 heavy (non-hydrogen) atoms. The zero-order chi connectivity index (χ0) is 13.0. The number of hydrogen-bond acceptors (Lipinski definition) is 3. The lowest BCUT2D eigenvalue weighted by molar-refractivity contribution is 0.0955. The van der Waals surface area contributed by atoms with E-state index in [2.05, 4.69) is 10.5 Å². The van der Waals surface area contributed by atoms with Crippen molar-refractivity contribution < 1.29 is 4.79 Å².